The van der Waals surface area contributed by atoms with Crippen LogP contribution in [0.3, 0.4) is 0 Å². The van der Waals surface area contributed by atoms with Crippen molar-refractivity contribution in [2.24, 2.45) is 7.05 Å². The molecular formula is C7H8F3NO. The molecule has 0 spiro atoms. The van der Waals surface area contributed by atoms with Crippen LogP contribution < -0.4 is 0 Å². The Kier molecular flexibility index (Phi) is 2.14. The molecule has 68 valence electrons. The number of aliphatic hydroxyl groups is 1. The second kappa shape index (κ2) is 2.82. The van der Waals surface area contributed by atoms with Gasteiger partial charge in [0.25, 0.3) is 0 Å². The zero-order valence-corrected chi connectivity index (χ0v) is 6.39. The van der Waals surface area contributed by atoms with Gasteiger partial charge < -0.3 is 9.67 Å². The Morgan fingerprint density at radius 1 is 1.42 bits per heavy atom. The summed E-state index contributed by atoms with van der Waals surface area (Å²) in [5.41, 5.74) is -0.492. The van der Waals surface area contributed by atoms with Gasteiger partial charge in [-0.1, -0.05) is 0 Å². The molecule has 1 aromatic heterocycles. The topological polar surface area (TPSA) is 25.2 Å². The molecule has 0 radical (unpaired) electrons. The van der Waals surface area contributed by atoms with Gasteiger partial charge in [0, 0.05) is 12.7 Å². The summed E-state index contributed by atoms with van der Waals surface area (Å²) in [6, 6.07) is 2.20. The average molecular weight is 179 g/mol. The molecular weight excluding hydrogens is 171 g/mol. The molecule has 1 aromatic rings. The van der Waals surface area contributed by atoms with Gasteiger partial charge in [-0.25, -0.2) is 0 Å². The van der Waals surface area contributed by atoms with Gasteiger partial charge in [-0.2, -0.15) is 13.2 Å². The highest BCUT2D eigenvalue weighted by atomic mass is 19.4. The quantitative estimate of drug-likeness (QED) is 0.694. The van der Waals surface area contributed by atoms with E-state index in [1.54, 1.807) is 0 Å². The summed E-state index contributed by atoms with van der Waals surface area (Å²) < 4.78 is 37.2. The molecule has 1 heterocycles. The molecule has 0 saturated heterocycles. The van der Waals surface area contributed by atoms with Crippen LogP contribution in [-0.2, 0) is 19.8 Å². The lowest BCUT2D eigenvalue weighted by atomic mass is 10.4. The Bertz CT molecular complexity index is 277. The molecule has 1 rings (SSSR count). The molecule has 5 heteroatoms. The monoisotopic (exact) mass is 179 g/mol. The first kappa shape index (κ1) is 9.12. The van der Waals surface area contributed by atoms with Gasteiger partial charge in [-0.05, 0) is 12.1 Å². The SMILES string of the molecule is Cn1c(CO)ccc1C(F)(F)F. The molecule has 0 bridgehead atoms. The second-order valence-corrected chi connectivity index (χ2v) is 2.42. The van der Waals surface area contributed by atoms with E-state index in [9.17, 15) is 13.2 Å². The summed E-state index contributed by atoms with van der Waals surface area (Å²) in [7, 11) is 1.27. The van der Waals surface area contributed by atoms with Crippen molar-refractivity contribution in [3.05, 3.63) is 23.5 Å². The average Bonchev–Trinajstić information content (AvgIpc) is 2.29. The highest BCUT2D eigenvalue weighted by Gasteiger charge is 2.33. The number of aromatic nitrogens is 1. The van der Waals surface area contributed by atoms with Gasteiger partial charge in [0.2, 0.25) is 0 Å². The molecule has 0 aliphatic rings. The van der Waals surface area contributed by atoms with E-state index in [-0.39, 0.29) is 12.3 Å². The molecule has 0 saturated carbocycles. The fourth-order valence-electron chi connectivity index (χ4n) is 0.997. The van der Waals surface area contributed by atoms with Gasteiger partial charge in [0.05, 0.1) is 6.61 Å². The second-order valence-electron chi connectivity index (χ2n) is 2.42. The first-order valence-electron chi connectivity index (χ1n) is 3.29. The minimum absolute atomic E-state index is 0.252. The van der Waals surface area contributed by atoms with Gasteiger partial charge >= 0.3 is 6.18 Å². The van der Waals surface area contributed by atoms with Gasteiger partial charge in [0.1, 0.15) is 5.69 Å². The van der Waals surface area contributed by atoms with Crippen LogP contribution in [0.25, 0.3) is 0 Å². The van der Waals surface area contributed by atoms with Crippen molar-refractivity contribution in [2.75, 3.05) is 0 Å². The molecule has 0 atom stereocenters. The molecule has 0 unspecified atom stereocenters. The summed E-state index contributed by atoms with van der Waals surface area (Å²) in [4.78, 5) is 0. The molecule has 0 amide bonds. The standard InChI is InChI=1S/C7H8F3NO/c1-11-5(4-12)2-3-6(11)7(8,9)10/h2-3,12H,4H2,1H3. The summed E-state index contributed by atoms with van der Waals surface area (Å²) in [6.07, 6.45) is -4.35. The van der Waals surface area contributed by atoms with Crippen LogP contribution in [0.5, 0.6) is 0 Å². The summed E-state index contributed by atoms with van der Waals surface area (Å²) >= 11 is 0. The van der Waals surface area contributed by atoms with Crippen LogP contribution in [0.2, 0.25) is 0 Å². The lowest BCUT2D eigenvalue weighted by Crippen LogP contribution is -2.12. The number of aliphatic hydroxyl groups excluding tert-OH is 1. The Hall–Kier alpha value is -0.970. The van der Waals surface area contributed by atoms with Crippen LogP contribution in [-0.4, -0.2) is 9.67 Å². The number of hydrogen-bond donors (Lipinski definition) is 1. The zero-order valence-electron chi connectivity index (χ0n) is 6.39. The van der Waals surface area contributed by atoms with Crippen molar-refractivity contribution in [1.29, 1.82) is 0 Å². The third-order valence-electron chi connectivity index (χ3n) is 1.68. The van der Waals surface area contributed by atoms with Crippen molar-refractivity contribution in [1.82, 2.24) is 4.57 Å². The maximum absolute atomic E-state index is 12.1. The zero-order chi connectivity index (χ0) is 9.35. The minimum atomic E-state index is -4.35. The van der Waals surface area contributed by atoms with E-state index in [4.69, 9.17) is 5.11 Å². The number of halogens is 3. The van der Waals surface area contributed by atoms with Gasteiger partial charge in [-0.3, -0.25) is 0 Å². The van der Waals surface area contributed by atoms with Crippen molar-refractivity contribution < 1.29 is 18.3 Å². The fraction of sp³-hybridized carbons (Fsp3) is 0.429. The maximum Gasteiger partial charge on any atom is 0.431 e. The normalized spacial score (nSPS) is 12.1. The highest BCUT2D eigenvalue weighted by molar-refractivity contribution is 5.17. The molecule has 0 aliphatic carbocycles. The van der Waals surface area contributed by atoms with Crippen LogP contribution in [0, 0.1) is 0 Å². The molecule has 1 N–H and O–H groups in total. The minimum Gasteiger partial charge on any atom is -0.390 e. The van der Waals surface area contributed by atoms with Gasteiger partial charge in [0.15, 0.2) is 0 Å². The summed E-state index contributed by atoms with van der Waals surface area (Å²) in [6.45, 7) is -0.382. The largest absolute Gasteiger partial charge is 0.431 e. The smallest absolute Gasteiger partial charge is 0.390 e. The highest BCUT2D eigenvalue weighted by Crippen LogP contribution is 2.29. The summed E-state index contributed by atoms with van der Waals surface area (Å²) in [5.74, 6) is 0. The first-order chi connectivity index (χ1) is 5.46. The van der Waals surface area contributed by atoms with Crippen molar-refractivity contribution >= 4 is 0 Å². The number of alkyl halides is 3. The molecule has 0 aliphatic heterocycles. The third-order valence-corrected chi connectivity index (χ3v) is 1.68. The Morgan fingerprint density at radius 3 is 2.25 bits per heavy atom. The lowest BCUT2D eigenvalue weighted by molar-refractivity contribution is -0.143. The molecule has 12 heavy (non-hydrogen) atoms. The predicted octanol–water partition coefficient (Wildman–Crippen LogP) is 1.54. The number of rotatable bonds is 1. The number of hydrogen-bond acceptors (Lipinski definition) is 1. The lowest BCUT2D eigenvalue weighted by Gasteiger charge is -2.08. The van der Waals surface area contributed by atoms with E-state index in [0.717, 1.165) is 10.6 Å². The molecule has 2 nitrogen and oxygen atoms in total. The van der Waals surface area contributed by atoms with E-state index in [1.807, 2.05) is 0 Å². The van der Waals surface area contributed by atoms with Crippen LogP contribution in [0.15, 0.2) is 12.1 Å². The van der Waals surface area contributed by atoms with E-state index in [1.165, 1.54) is 13.1 Å². The predicted molar refractivity (Wildman–Crippen MR) is 36.3 cm³/mol. The third kappa shape index (κ3) is 1.45. The van der Waals surface area contributed by atoms with Gasteiger partial charge in [-0.15, -0.1) is 0 Å². The fourth-order valence-corrected chi connectivity index (χ4v) is 0.997. The maximum atomic E-state index is 12.1. The Morgan fingerprint density at radius 2 is 2.00 bits per heavy atom. The Labute approximate surface area is 67.2 Å². The van der Waals surface area contributed by atoms with Crippen molar-refractivity contribution in [3.63, 3.8) is 0 Å². The summed E-state index contributed by atoms with van der Waals surface area (Å²) in [5, 5.41) is 8.61. The van der Waals surface area contributed by atoms with Crippen LogP contribution >= 0.6 is 0 Å². The first-order valence-corrected chi connectivity index (χ1v) is 3.29. The van der Waals surface area contributed by atoms with Crippen molar-refractivity contribution in [3.8, 4) is 0 Å². The number of nitrogens with zero attached hydrogens (tertiary/aromatic N) is 1. The van der Waals surface area contributed by atoms with E-state index in [0.29, 0.717) is 0 Å². The Balaban J connectivity index is 3.11. The van der Waals surface area contributed by atoms with E-state index < -0.39 is 11.9 Å². The van der Waals surface area contributed by atoms with E-state index in [2.05, 4.69) is 0 Å². The van der Waals surface area contributed by atoms with Crippen LogP contribution in [0.4, 0.5) is 13.2 Å². The van der Waals surface area contributed by atoms with Crippen LogP contribution in [0.1, 0.15) is 11.4 Å². The molecule has 0 fully saturated rings. The van der Waals surface area contributed by atoms with Crippen molar-refractivity contribution in [2.45, 2.75) is 12.8 Å². The van der Waals surface area contributed by atoms with E-state index >= 15 is 0 Å². The molecule has 0 aromatic carbocycles.